The van der Waals surface area contributed by atoms with Crippen LogP contribution in [0.2, 0.25) is 0 Å². The molecule has 144 valence electrons. The number of anilines is 2. The summed E-state index contributed by atoms with van der Waals surface area (Å²) in [5.74, 6) is 0.433. The summed E-state index contributed by atoms with van der Waals surface area (Å²) in [5.41, 5.74) is 3.02. The molecule has 0 spiro atoms. The lowest BCUT2D eigenvalue weighted by atomic mass is 10.1. The van der Waals surface area contributed by atoms with E-state index >= 15 is 0 Å². The van der Waals surface area contributed by atoms with E-state index in [4.69, 9.17) is 4.74 Å². The number of rotatable bonds is 5. The molecule has 2 heterocycles. The van der Waals surface area contributed by atoms with E-state index in [2.05, 4.69) is 15.2 Å². The van der Waals surface area contributed by atoms with Crippen molar-refractivity contribution in [3.63, 3.8) is 0 Å². The van der Waals surface area contributed by atoms with Crippen molar-refractivity contribution in [2.75, 3.05) is 16.8 Å². The first-order chi connectivity index (χ1) is 13.6. The van der Waals surface area contributed by atoms with Gasteiger partial charge in [0.15, 0.2) is 5.13 Å². The number of carbonyl (C=O) groups excluding carboxylic acids is 1. The molecule has 0 aliphatic carbocycles. The second kappa shape index (κ2) is 7.98. The van der Waals surface area contributed by atoms with Gasteiger partial charge in [-0.05, 0) is 42.3 Å². The first kappa shape index (κ1) is 18.4. The van der Waals surface area contributed by atoms with Crippen LogP contribution in [0.15, 0.2) is 54.0 Å². The number of fused-ring (bicyclic) bond motifs is 1. The van der Waals surface area contributed by atoms with Crippen LogP contribution in [0.4, 0.5) is 15.2 Å². The fourth-order valence-corrected chi connectivity index (χ4v) is 3.83. The molecule has 7 heteroatoms. The quantitative estimate of drug-likeness (QED) is 0.694. The van der Waals surface area contributed by atoms with Crippen LogP contribution in [0.5, 0.6) is 5.75 Å². The van der Waals surface area contributed by atoms with Crippen LogP contribution in [-0.4, -0.2) is 23.5 Å². The number of nitrogens with one attached hydrogen (secondary N) is 1. The number of nitrogens with zero attached hydrogens (tertiary/aromatic N) is 2. The van der Waals surface area contributed by atoms with E-state index in [1.165, 1.54) is 23.5 Å². The van der Waals surface area contributed by atoms with E-state index in [0.717, 1.165) is 22.6 Å². The highest BCUT2D eigenvalue weighted by atomic mass is 32.1. The van der Waals surface area contributed by atoms with E-state index in [1.807, 2.05) is 30.5 Å². The zero-order valence-electron chi connectivity index (χ0n) is 15.4. The van der Waals surface area contributed by atoms with Gasteiger partial charge in [0.2, 0.25) is 5.91 Å². The second-order valence-electron chi connectivity index (χ2n) is 6.78. The molecule has 4 rings (SSSR count). The molecule has 5 nitrogen and oxygen atoms in total. The highest BCUT2D eigenvalue weighted by Gasteiger charge is 2.29. The van der Waals surface area contributed by atoms with Gasteiger partial charge in [-0.3, -0.25) is 4.79 Å². The highest BCUT2D eigenvalue weighted by molar-refractivity contribution is 7.13. The molecule has 28 heavy (non-hydrogen) atoms. The van der Waals surface area contributed by atoms with Crippen molar-refractivity contribution in [2.24, 2.45) is 0 Å². The van der Waals surface area contributed by atoms with Crippen LogP contribution in [0.25, 0.3) is 0 Å². The monoisotopic (exact) mass is 397 g/mol. The Morgan fingerprint density at radius 3 is 2.89 bits per heavy atom. The van der Waals surface area contributed by atoms with Crippen LogP contribution < -0.4 is 15.0 Å². The van der Waals surface area contributed by atoms with Gasteiger partial charge in [-0.1, -0.05) is 18.2 Å². The number of amides is 1. The molecule has 0 bridgehead atoms. The molecule has 1 aromatic heterocycles. The van der Waals surface area contributed by atoms with E-state index in [0.29, 0.717) is 18.3 Å². The van der Waals surface area contributed by atoms with Gasteiger partial charge in [0.1, 0.15) is 18.2 Å². The molecule has 0 fully saturated rings. The third-order valence-electron chi connectivity index (χ3n) is 4.66. The molecule has 1 atom stereocenters. The maximum atomic E-state index is 13.3. The maximum absolute atomic E-state index is 13.3. The summed E-state index contributed by atoms with van der Waals surface area (Å²) in [5, 5.41) is 5.24. The van der Waals surface area contributed by atoms with Crippen molar-refractivity contribution in [2.45, 2.75) is 25.9 Å². The lowest BCUT2D eigenvalue weighted by molar-refractivity contribution is -0.116. The van der Waals surface area contributed by atoms with E-state index in [-0.39, 0.29) is 24.2 Å². The number of aromatic nitrogens is 1. The molecule has 2 aromatic carbocycles. The first-order valence-corrected chi connectivity index (χ1v) is 9.90. The largest absolute Gasteiger partial charge is 0.489 e. The molecular weight excluding hydrogens is 377 g/mol. The average molecular weight is 397 g/mol. The number of thiazole rings is 1. The summed E-state index contributed by atoms with van der Waals surface area (Å²) in [7, 11) is 0. The molecular formula is C21H20FN3O2S. The van der Waals surface area contributed by atoms with Gasteiger partial charge in [-0.15, -0.1) is 11.3 Å². The third-order valence-corrected chi connectivity index (χ3v) is 5.35. The summed E-state index contributed by atoms with van der Waals surface area (Å²) in [4.78, 5) is 18.8. The number of carbonyl (C=O) groups is 1. The SMILES string of the molecule is Cc1ccc2c(c1)OCC(CC(=O)Nc1nccs1)N2Cc1ccc(F)cc1. The van der Waals surface area contributed by atoms with E-state index < -0.39 is 0 Å². The number of ether oxygens (including phenoxy) is 1. The van der Waals surface area contributed by atoms with E-state index in [9.17, 15) is 9.18 Å². The maximum Gasteiger partial charge on any atom is 0.228 e. The number of hydrogen-bond acceptors (Lipinski definition) is 5. The second-order valence-corrected chi connectivity index (χ2v) is 7.67. The molecule has 0 radical (unpaired) electrons. The zero-order valence-corrected chi connectivity index (χ0v) is 16.2. The first-order valence-electron chi connectivity index (χ1n) is 9.02. The summed E-state index contributed by atoms with van der Waals surface area (Å²) < 4.78 is 19.2. The Bertz CT molecular complexity index is 960. The van der Waals surface area contributed by atoms with Gasteiger partial charge in [-0.25, -0.2) is 9.37 Å². The van der Waals surface area contributed by atoms with Crippen molar-refractivity contribution in [3.05, 3.63) is 71.0 Å². The van der Waals surface area contributed by atoms with Crippen molar-refractivity contribution in [1.29, 1.82) is 0 Å². The van der Waals surface area contributed by atoms with Crippen molar-refractivity contribution in [1.82, 2.24) is 4.98 Å². The molecule has 1 amide bonds. The van der Waals surface area contributed by atoms with Gasteiger partial charge < -0.3 is 15.0 Å². The predicted molar refractivity (Wildman–Crippen MR) is 108 cm³/mol. The number of halogens is 1. The molecule has 3 aromatic rings. The van der Waals surface area contributed by atoms with E-state index in [1.54, 1.807) is 18.3 Å². The Morgan fingerprint density at radius 1 is 1.32 bits per heavy atom. The molecule has 1 unspecified atom stereocenters. The number of hydrogen-bond donors (Lipinski definition) is 1. The van der Waals surface area contributed by atoms with Gasteiger partial charge in [-0.2, -0.15) is 0 Å². The lowest BCUT2D eigenvalue weighted by Gasteiger charge is -2.38. The van der Waals surface area contributed by atoms with Crippen LogP contribution in [0.1, 0.15) is 17.5 Å². The smallest absolute Gasteiger partial charge is 0.228 e. The summed E-state index contributed by atoms with van der Waals surface area (Å²) in [6, 6.07) is 12.3. The zero-order chi connectivity index (χ0) is 19.5. The minimum atomic E-state index is -0.263. The Morgan fingerprint density at radius 2 is 2.14 bits per heavy atom. The third kappa shape index (κ3) is 4.14. The molecule has 1 N–H and O–H groups in total. The van der Waals surface area contributed by atoms with Crippen LogP contribution in [-0.2, 0) is 11.3 Å². The standard InChI is InChI=1S/C21H20FN3O2S/c1-14-2-7-18-19(10-14)27-13-17(11-20(26)24-21-23-8-9-28-21)25(18)12-15-3-5-16(22)6-4-15/h2-10,17H,11-13H2,1H3,(H,23,24,26). The van der Waals surface area contributed by atoms with Gasteiger partial charge in [0, 0.05) is 18.1 Å². The van der Waals surface area contributed by atoms with Crippen LogP contribution >= 0.6 is 11.3 Å². The predicted octanol–water partition coefficient (Wildman–Crippen LogP) is 4.39. The molecule has 1 aliphatic heterocycles. The summed E-state index contributed by atoms with van der Waals surface area (Å²) in [6.45, 7) is 2.99. The average Bonchev–Trinajstić information content (AvgIpc) is 3.18. The minimum Gasteiger partial charge on any atom is -0.489 e. The van der Waals surface area contributed by atoms with Crippen LogP contribution in [0.3, 0.4) is 0 Å². The Kier molecular flexibility index (Phi) is 5.25. The Hall–Kier alpha value is -2.93. The fraction of sp³-hybridized carbons (Fsp3) is 0.238. The Balaban J connectivity index is 1.57. The molecule has 0 saturated heterocycles. The topological polar surface area (TPSA) is 54.5 Å². The van der Waals surface area contributed by atoms with Crippen LogP contribution in [0, 0.1) is 12.7 Å². The number of benzene rings is 2. The summed E-state index contributed by atoms with van der Waals surface area (Å²) >= 11 is 1.38. The molecule has 0 saturated carbocycles. The van der Waals surface area contributed by atoms with Crippen molar-refractivity contribution >= 4 is 28.1 Å². The highest BCUT2D eigenvalue weighted by Crippen LogP contribution is 2.36. The van der Waals surface area contributed by atoms with Gasteiger partial charge in [0.05, 0.1) is 18.2 Å². The van der Waals surface area contributed by atoms with Gasteiger partial charge >= 0.3 is 0 Å². The fourth-order valence-electron chi connectivity index (χ4n) is 3.29. The number of aryl methyl sites for hydroxylation is 1. The minimum absolute atomic E-state index is 0.108. The normalized spacial score (nSPS) is 15.6. The summed E-state index contributed by atoms with van der Waals surface area (Å²) in [6.07, 6.45) is 1.93. The van der Waals surface area contributed by atoms with Gasteiger partial charge in [0.25, 0.3) is 0 Å². The van der Waals surface area contributed by atoms with Crippen molar-refractivity contribution < 1.29 is 13.9 Å². The lowest BCUT2D eigenvalue weighted by Crippen LogP contribution is -2.44. The Labute approximate surface area is 166 Å². The molecule has 1 aliphatic rings. The van der Waals surface area contributed by atoms with Crippen molar-refractivity contribution in [3.8, 4) is 5.75 Å².